The van der Waals surface area contributed by atoms with Gasteiger partial charge in [0.1, 0.15) is 6.54 Å². The van der Waals surface area contributed by atoms with Crippen molar-refractivity contribution in [1.29, 1.82) is 0 Å². The fourth-order valence-electron chi connectivity index (χ4n) is 4.37. The number of carbonyl (C=O) groups excluding carboxylic acids is 2. The van der Waals surface area contributed by atoms with Crippen molar-refractivity contribution in [3.8, 4) is 0 Å². The molecule has 1 aliphatic heterocycles. The van der Waals surface area contributed by atoms with E-state index in [1.165, 1.54) is 16.0 Å². The van der Waals surface area contributed by atoms with Crippen molar-refractivity contribution in [3.63, 3.8) is 0 Å². The van der Waals surface area contributed by atoms with Crippen LogP contribution in [0.25, 0.3) is 0 Å². The van der Waals surface area contributed by atoms with E-state index in [0.29, 0.717) is 13.0 Å². The first-order valence-corrected chi connectivity index (χ1v) is 12.6. The molecule has 1 aromatic heterocycles. The zero-order valence-corrected chi connectivity index (χ0v) is 21.5. The van der Waals surface area contributed by atoms with Gasteiger partial charge in [-0.2, -0.15) is 0 Å². The van der Waals surface area contributed by atoms with Crippen molar-refractivity contribution in [2.45, 2.75) is 78.8 Å². The van der Waals surface area contributed by atoms with Gasteiger partial charge in [0, 0.05) is 23.9 Å². The lowest BCUT2D eigenvalue weighted by Crippen LogP contribution is -2.48. The minimum absolute atomic E-state index is 0.00350. The number of fused-ring (bicyclic) bond motifs is 1. The molecule has 174 valence electrons. The summed E-state index contributed by atoms with van der Waals surface area (Å²) in [6.07, 6.45) is 1.34. The second kappa shape index (κ2) is 9.78. The molecule has 0 radical (unpaired) electrons. The summed E-state index contributed by atoms with van der Waals surface area (Å²) in [5, 5.41) is 2.13. The fraction of sp³-hybridized carbons (Fsp3) is 0.556. The third-order valence-corrected chi connectivity index (χ3v) is 7.21. The highest BCUT2D eigenvalue weighted by Gasteiger charge is 2.34. The Morgan fingerprint density at radius 1 is 1.09 bits per heavy atom. The highest BCUT2D eigenvalue weighted by atomic mass is 32.1. The first-order chi connectivity index (χ1) is 15.0. The van der Waals surface area contributed by atoms with Crippen molar-refractivity contribution in [1.82, 2.24) is 9.80 Å². The molecule has 4 nitrogen and oxygen atoms in total. The maximum absolute atomic E-state index is 13.6. The summed E-state index contributed by atoms with van der Waals surface area (Å²) in [5.41, 5.74) is 3.73. The standard InChI is InChI=1S/C27H38N2O2S/c1-18(2)16-24(30)29(19(3)4)17-25(31)28-14-12-23-22(13-15-32-23)26(28)20-8-10-21(11-9-20)27(5,6)7/h8-11,13,15,18-19,26H,12,14,16-17H2,1-7H3. The Kier molecular flexibility index (Phi) is 7.49. The van der Waals surface area contributed by atoms with Gasteiger partial charge in [-0.25, -0.2) is 0 Å². The molecule has 32 heavy (non-hydrogen) atoms. The Morgan fingerprint density at radius 3 is 2.31 bits per heavy atom. The van der Waals surface area contributed by atoms with Gasteiger partial charge in [0.2, 0.25) is 11.8 Å². The van der Waals surface area contributed by atoms with E-state index in [1.54, 1.807) is 16.2 Å². The average Bonchev–Trinajstić information content (AvgIpc) is 3.18. The molecule has 3 rings (SSSR count). The third-order valence-electron chi connectivity index (χ3n) is 6.21. The van der Waals surface area contributed by atoms with Crippen LogP contribution in [0.3, 0.4) is 0 Å². The first kappa shape index (κ1) is 24.5. The van der Waals surface area contributed by atoms with Gasteiger partial charge < -0.3 is 9.80 Å². The molecule has 0 saturated carbocycles. The van der Waals surface area contributed by atoms with Crippen molar-refractivity contribution in [3.05, 3.63) is 57.3 Å². The van der Waals surface area contributed by atoms with Gasteiger partial charge in [-0.05, 0) is 59.7 Å². The van der Waals surface area contributed by atoms with Gasteiger partial charge >= 0.3 is 0 Å². The smallest absolute Gasteiger partial charge is 0.243 e. The molecule has 0 spiro atoms. The van der Waals surface area contributed by atoms with Crippen LogP contribution in [0, 0.1) is 5.92 Å². The SMILES string of the molecule is CC(C)CC(=O)N(CC(=O)N1CCc2sccc2C1c1ccc(C(C)(C)C)cc1)C(C)C. The van der Waals surface area contributed by atoms with Crippen LogP contribution in [0.15, 0.2) is 35.7 Å². The second-order valence-electron chi connectivity index (χ2n) is 10.6. The monoisotopic (exact) mass is 454 g/mol. The minimum Gasteiger partial charge on any atom is -0.331 e. The number of benzene rings is 1. The van der Waals surface area contributed by atoms with Crippen LogP contribution in [0.4, 0.5) is 0 Å². The zero-order chi connectivity index (χ0) is 23.6. The van der Waals surface area contributed by atoms with Gasteiger partial charge in [0.25, 0.3) is 0 Å². The van der Waals surface area contributed by atoms with Gasteiger partial charge in [-0.1, -0.05) is 58.9 Å². The van der Waals surface area contributed by atoms with Gasteiger partial charge in [0.15, 0.2) is 0 Å². The molecular weight excluding hydrogens is 416 g/mol. The average molecular weight is 455 g/mol. The van der Waals surface area contributed by atoms with Gasteiger partial charge in [-0.15, -0.1) is 11.3 Å². The van der Waals surface area contributed by atoms with Gasteiger partial charge in [-0.3, -0.25) is 9.59 Å². The predicted octanol–water partition coefficient (Wildman–Crippen LogP) is 5.80. The van der Waals surface area contributed by atoms with E-state index < -0.39 is 0 Å². The molecule has 0 saturated heterocycles. The molecular formula is C27H38N2O2S. The lowest BCUT2D eigenvalue weighted by atomic mass is 9.85. The molecule has 0 fully saturated rings. The van der Waals surface area contributed by atoms with Crippen LogP contribution >= 0.6 is 11.3 Å². The van der Waals surface area contributed by atoms with E-state index in [0.717, 1.165) is 12.0 Å². The normalized spacial score (nSPS) is 16.4. The number of nitrogens with zero attached hydrogens (tertiary/aromatic N) is 2. The van der Waals surface area contributed by atoms with E-state index in [2.05, 4.69) is 56.5 Å². The summed E-state index contributed by atoms with van der Waals surface area (Å²) in [7, 11) is 0. The molecule has 1 atom stereocenters. The van der Waals surface area contributed by atoms with E-state index in [-0.39, 0.29) is 41.8 Å². The number of amides is 2. The first-order valence-electron chi connectivity index (χ1n) is 11.7. The Hall–Kier alpha value is -2.14. The lowest BCUT2D eigenvalue weighted by Gasteiger charge is -2.38. The van der Waals surface area contributed by atoms with Crippen LogP contribution in [0.1, 0.15) is 82.5 Å². The number of thiophene rings is 1. The maximum Gasteiger partial charge on any atom is 0.243 e. The highest BCUT2D eigenvalue weighted by molar-refractivity contribution is 7.10. The highest BCUT2D eigenvalue weighted by Crippen LogP contribution is 2.38. The minimum atomic E-state index is -0.0965. The fourth-order valence-corrected chi connectivity index (χ4v) is 5.28. The van der Waals surface area contributed by atoms with Crippen LogP contribution in [-0.2, 0) is 21.4 Å². The molecule has 2 heterocycles. The van der Waals surface area contributed by atoms with E-state index in [9.17, 15) is 9.59 Å². The lowest BCUT2D eigenvalue weighted by molar-refractivity contribution is -0.143. The summed E-state index contributed by atoms with van der Waals surface area (Å²) in [4.78, 5) is 31.5. The molecule has 0 aliphatic carbocycles. The number of rotatable bonds is 6. The van der Waals surface area contributed by atoms with Crippen LogP contribution in [0.5, 0.6) is 0 Å². The Labute approximate surface area is 197 Å². The topological polar surface area (TPSA) is 40.6 Å². The number of hydrogen-bond donors (Lipinski definition) is 0. The summed E-state index contributed by atoms with van der Waals surface area (Å²) < 4.78 is 0. The molecule has 1 unspecified atom stereocenters. The van der Waals surface area contributed by atoms with Crippen molar-refractivity contribution < 1.29 is 9.59 Å². The summed E-state index contributed by atoms with van der Waals surface area (Å²) >= 11 is 1.77. The molecule has 1 aliphatic rings. The Morgan fingerprint density at radius 2 is 1.75 bits per heavy atom. The number of carbonyl (C=O) groups is 2. The Bertz CT molecular complexity index is 937. The molecule has 2 amide bonds. The molecule has 0 bridgehead atoms. The second-order valence-corrected chi connectivity index (χ2v) is 11.6. The quantitative estimate of drug-likeness (QED) is 0.553. The van der Waals surface area contributed by atoms with E-state index in [1.807, 2.05) is 32.6 Å². The van der Waals surface area contributed by atoms with Gasteiger partial charge in [0.05, 0.1) is 6.04 Å². The molecule has 5 heteroatoms. The predicted molar refractivity (Wildman–Crippen MR) is 133 cm³/mol. The summed E-state index contributed by atoms with van der Waals surface area (Å²) in [6, 6.07) is 10.8. The largest absolute Gasteiger partial charge is 0.331 e. The summed E-state index contributed by atoms with van der Waals surface area (Å²) in [6.45, 7) is 15.5. The number of hydrogen-bond acceptors (Lipinski definition) is 3. The summed E-state index contributed by atoms with van der Waals surface area (Å²) in [5.74, 6) is 0.358. The Balaban J connectivity index is 1.90. The van der Waals surface area contributed by atoms with Crippen molar-refractivity contribution >= 4 is 23.2 Å². The van der Waals surface area contributed by atoms with Crippen LogP contribution in [0.2, 0.25) is 0 Å². The van der Waals surface area contributed by atoms with Crippen molar-refractivity contribution in [2.24, 2.45) is 5.92 Å². The van der Waals surface area contributed by atoms with Crippen LogP contribution in [-0.4, -0.2) is 40.7 Å². The molecule has 2 aromatic rings. The van der Waals surface area contributed by atoms with Crippen molar-refractivity contribution in [2.75, 3.05) is 13.1 Å². The maximum atomic E-state index is 13.6. The molecule has 1 aromatic carbocycles. The van der Waals surface area contributed by atoms with Crippen LogP contribution < -0.4 is 0 Å². The zero-order valence-electron chi connectivity index (χ0n) is 20.6. The third kappa shape index (κ3) is 5.43. The van der Waals surface area contributed by atoms with E-state index >= 15 is 0 Å². The molecule has 0 N–H and O–H groups in total. The van der Waals surface area contributed by atoms with E-state index in [4.69, 9.17) is 0 Å².